The highest BCUT2D eigenvalue weighted by Gasteiger charge is 2.12. The molecule has 0 unspecified atom stereocenters. The predicted molar refractivity (Wildman–Crippen MR) is 116 cm³/mol. The topological polar surface area (TPSA) is 46.2 Å². The van der Waals surface area contributed by atoms with Gasteiger partial charge in [0.25, 0.3) is 0 Å². The Morgan fingerprint density at radius 3 is 1.82 bits per heavy atom. The number of rotatable bonds is 10. The molecular formula is C22H29O5Si. The molecule has 0 heterocycles. The molecule has 151 valence electrons. The van der Waals surface area contributed by atoms with E-state index < -0.39 is 0 Å². The van der Waals surface area contributed by atoms with Gasteiger partial charge in [-0.2, -0.15) is 0 Å². The van der Waals surface area contributed by atoms with E-state index in [1.165, 1.54) is 0 Å². The predicted octanol–water partition coefficient (Wildman–Crippen LogP) is 5.02. The quantitative estimate of drug-likeness (QED) is 0.413. The normalized spacial score (nSPS) is 11.0. The van der Waals surface area contributed by atoms with Gasteiger partial charge in [0, 0.05) is 8.80 Å². The van der Waals surface area contributed by atoms with Crippen molar-refractivity contribution in [1.82, 2.24) is 0 Å². The van der Waals surface area contributed by atoms with Crippen LogP contribution < -0.4 is 23.7 Å². The van der Waals surface area contributed by atoms with Crippen LogP contribution in [0.3, 0.4) is 0 Å². The van der Waals surface area contributed by atoms with Gasteiger partial charge in [0.1, 0.15) is 0 Å². The van der Waals surface area contributed by atoms with Crippen molar-refractivity contribution in [2.45, 2.75) is 19.1 Å². The Morgan fingerprint density at radius 2 is 1.29 bits per heavy atom. The summed E-state index contributed by atoms with van der Waals surface area (Å²) in [5.74, 6) is 3.33. The van der Waals surface area contributed by atoms with E-state index in [0.29, 0.717) is 23.9 Å². The van der Waals surface area contributed by atoms with E-state index in [2.05, 4.69) is 13.1 Å². The molecule has 0 aliphatic rings. The third kappa shape index (κ3) is 5.69. The third-order valence-electron chi connectivity index (χ3n) is 4.20. The van der Waals surface area contributed by atoms with Crippen molar-refractivity contribution in [3.63, 3.8) is 0 Å². The molecule has 5 nitrogen and oxygen atoms in total. The van der Waals surface area contributed by atoms with Gasteiger partial charge in [0.05, 0.1) is 35.0 Å². The van der Waals surface area contributed by atoms with E-state index in [1.807, 2.05) is 42.5 Å². The Hall–Kier alpha value is -2.60. The summed E-state index contributed by atoms with van der Waals surface area (Å²) < 4.78 is 27.6. The summed E-state index contributed by atoms with van der Waals surface area (Å²) in [6, 6.07) is 10.8. The molecule has 0 saturated carbocycles. The minimum atomic E-state index is -0.312. The van der Waals surface area contributed by atoms with Crippen LogP contribution in [-0.2, 0) is 0 Å². The van der Waals surface area contributed by atoms with Crippen LogP contribution in [-0.4, -0.2) is 43.8 Å². The SMILES string of the molecule is COc1ccc(/C=C\c2cc(OC)c(OC)c(OC)c2)cc1OCC[Si](C)C. The molecule has 0 aliphatic heterocycles. The Labute approximate surface area is 169 Å². The Bertz CT molecular complexity index is 777. The Morgan fingerprint density at radius 1 is 0.714 bits per heavy atom. The zero-order valence-electron chi connectivity index (χ0n) is 17.5. The first kappa shape index (κ1) is 21.7. The van der Waals surface area contributed by atoms with E-state index in [1.54, 1.807) is 28.4 Å². The highest BCUT2D eigenvalue weighted by Crippen LogP contribution is 2.38. The average Bonchev–Trinajstić information content (AvgIpc) is 2.71. The molecule has 0 aromatic heterocycles. The molecule has 2 aromatic carbocycles. The van der Waals surface area contributed by atoms with Crippen molar-refractivity contribution >= 4 is 20.9 Å². The maximum atomic E-state index is 5.94. The van der Waals surface area contributed by atoms with Gasteiger partial charge in [0.15, 0.2) is 23.0 Å². The van der Waals surface area contributed by atoms with Crippen molar-refractivity contribution in [1.29, 1.82) is 0 Å². The fourth-order valence-electron chi connectivity index (χ4n) is 2.66. The minimum absolute atomic E-state index is 0.312. The minimum Gasteiger partial charge on any atom is -0.493 e. The smallest absolute Gasteiger partial charge is 0.203 e. The molecule has 0 aliphatic carbocycles. The zero-order valence-corrected chi connectivity index (χ0v) is 18.5. The number of hydrogen-bond donors (Lipinski definition) is 0. The van der Waals surface area contributed by atoms with Gasteiger partial charge < -0.3 is 23.7 Å². The summed E-state index contributed by atoms with van der Waals surface area (Å²) in [4.78, 5) is 0. The van der Waals surface area contributed by atoms with Crippen LogP contribution >= 0.6 is 0 Å². The highest BCUT2D eigenvalue weighted by molar-refractivity contribution is 6.55. The van der Waals surface area contributed by atoms with Crippen molar-refractivity contribution in [3.05, 3.63) is 41.5 Å². The van der Waals surface area contributed by atoms with Crippen LogP contribution in [0.4, 0.5) is 0 Å². The largest absolute Gasteiger partial charge is 0.493 e. The summed E-state index contributed by atoms with van der Waals surface area (Å²) in [6.45, 7) is 5.27. The first-order valence-electron chi connectivity index (χ1n) is 9.10. The van der Waals surface area contributed by atoms with Crippen molar-refractivity contribution in [3.8, 4) is 28.7 Å². The second-order valence-corrected chi connectivity index (χ2v) is 9.42. The second-order valence-electron chi connectivity index (χ2n) is 6.51. The molecule has 28 heavy (non-hydrogen) atoms. The van der Waals surface area contributed by atoms with Crippen LogP contribution in [0.25, 0.3) is 12.2 Å². The number of ether oxygens (including phenoxy) is 5. The lowest BCUT2D eigenvalue weighted by Crippen LogP contribution is -2.07. The lowest BCUT2D eigenvalue weighted by Gasteiger charge is -2.13. The maximum absolute atomic E-state index is 5.94. The molecule has 0 fully saturated rings. The van der Waals surface area contributed by atoms with Crippen LogP contribution in [0.2, 0.25) is 19.1 Å². The van der Waals surface area contributed by atoms with Crippen LogP contribution in [0.5, 0.6) is 28.7 Å². The lowest BCUT2D eigenvalue weighted by molar-refractivity contribution is 0.310. The molecule has 0 spiro atoms. The summed E-state index contributed by atoms with van der Waals surface area (Å²) in [7, 11) is 6.15. The summed E-state index contributed by atoms with van der Waals surface area (Å²) in [5, 5.41) is 0. The van der Waals surface area contributed by atoms with Crippen molar-refractivity contribution < 1.29 is 23.7 Å². The Balaban J connectivity index is 2.26. The molecule has 1 radical (unpaired) electrons. The second kappa shape index (κ2) is 10.7. The first-order chi connectivity index (χ1) is 13.5. The summed E-state index contributed by atoms with van der Waals surface area (Å²) in [6.07, 6.45) is 4.01. The Kier molecular flexibility index (Phi) is 8.26. The van der Waals surface area contributed by atoms with E-state index in [0.717, 1.165) is 28.7 Å². The van der Waals surface area contributed by atoms with Crippen molar-refractivity contribution in [2.24, 2.45) is 0 Å². The van der Waals surface area contributed by atoms with Crippen LogP contribution in [0, 0.1) is 0 Å². The number of methoxy groups -OCH3 is 4. The van der Waals surface area contributed by atoms with Gasteiger partial charge in [-0.15, -0.1) is 0 Å². The summed E-state index contributed by atoms with van der Waals surface area (Å²) in [5.41, 5.74) is 1.96. The van der Waals surface area contributed by atoms with E-state index >= 15 is 0 Å². The maximum Gasteiger partial charge on any atom is 0.203 e. The van der Waals surface area contributed by atoms with Crippen LogP contribution in [0.1, 0.15) is 11.1 Å². The van der Waals surface area contributed by atoms with Gasteiger partial charge in [0.2, 0.25) is 5.75 Å². The molecule has 0 amide bonds. The standard InChI is InChI=1S/C22H29O5Si/c1-23-18-10-9-16(13-19(18)27-11-12-28(5)6)7-8-17-14-20(24-2)22(26-4)21(15-17)25-3/h7-10,13-15H,11-12H2,1-6H3/b8-7-. The third-order valence-corrected chi connectivity index (χ3v) is 5.41. The monoisotopic (exact) mass is 401 g/mol. The molecule has 0 saturated heterocycles. The molecular weight excluding hydrogens is 372 g/mol. The first-order valence-corrected chi connectivity index (χ1v) is 11.8. The van der Waals surface area contributed by atoms with Gasteiger partial charge >= 0.3 is 0 Å². The van der Waals surface area contributed by atoms with Gasteiger partial charge in [-0.25, -0.2) is 0 Å². The van der Waals surface area contributed by atoms with Gasteiger partial charge in [-0.05, 0) is 41.4 Å². The number of benzene rings is 2. The van der Waals surface area contributed by atoms with Gasteiger partial charge in [-0.1, -0.05) is 31.3 Å². The molecule has 0 bridgehead atoms. The lowest BCUT2D eigenvalue weighted by atomic mass is 10.1. The van der Waals surface area contributed by atoms with Crippen LogP contribution in [0.15, 0.2) is 30.3 Å². The molecule has 0 atom stereocenters. The van der Waals surface area contributed by atoms with E-state index in [-0.39, 0.29) is 8.80 Å². The summed E-state index contributed by atoms with van der Waals surface area (Å²) >= 11 is 0. The molecule has 0 N–H and O–H groups in total. The fourth-order valence-corrected chi connectivity index (χ4v) is 3.18. The average molecular weight is 402 g/mol. The molecule has 2 rings (SSSR count). The van der Waals surface area contributed by atoms with Gasteiger partial charge in [-0.3, -0.25) is 0 Å². The van der Waals surface area contributed by atoms with Crippen molar-refractivity contribution in [2.75, 3.05) is 35.0 Å². The number of hydrogen-bond acceptors (Lipinski definition) is 5. The molecule has 6 heteroatoms. The highest BCUT2D eigenvalue weighted by atomic mass is 28.3. The van der Waals surface area contributed by atoms with E-state index in [4.69, 9.17) is 23.7 Å². The molecule has 2 aromatic rings. The van der Waals surface area contributed by atoms with E-state index in [9.17, 15) is 0 Å². The fraction of sp³-hybridized carbons (Fsp3) is 0.364. The zero-order chi connectivity index (χ0) is 20.5.